The molecule has 2 rings (SSSR count). The fourth-order valence-corrected chi connectivity index (χ4v) is 3.82. The fourth-order valence-electron chi connectivity index (χ4n) is 1.74. The average Bonchev–Trinajstić information content (AvgIpc) is 2.40. The van der Waals surface area contributed by atoms with Crippen molar-refractivity contribution in [1.82, 2.24) is 4.57 Å². The van der Waals surface area contributed by atoms with Crippen LogP contribution >= 0.6 is 27.5 Å². The van der Waals surface area contributed by atoms with Gasteiger partial charge in [0.1, 0.15) is 4.90 Å². The molecule has 0 fully saturated rings. The molecular formula is C13H12BrClN2O3S. The second-order valence-electron chi connectivity index (χ2n) is 4.22. The van der Waals surface area contributed by atoms with Gasteiger partial charge in [-0.3, -0.25) is 9.52 Å². The maximum Gasteiger partial charge on any atom is 0.263 e. The quantitative estimate of drug-likeness (QED) is 0.871. The molecule has 8 heteroatoms. The van der Waals surface area contributed by atoms with Crippen LogP contribution in [0.4, 0.5) is 5.69 Å². The normalized spacial score (nSPS) is 11.4. The van der Waals surface area contributed by atoms with Crippen LogP contribution in [-0.2, 0) is 16.6 Å². The Morgan fingerprint density at radius 3 is 2.62 bits per heavy atom. The van der Waals surface area contributed by atoms with E-state index in [-0.39, 0.29) is 15.5 Å². The highest BCUT2D eigenvalue weighted by Crippen LogP contribution is 2.26. The monoisotopic (exact) mass is 390 g/mol. The van der Waals surface area contributed by atoms with Gasteiger partial charge in [-0.15, -0.1) is 0 Å². The number of aromatic nitrogens is 1. The van der Waals surface area contributed by atoms with Gasteiger partial charge in [0.2, 0.25) is 0 Å². The van der Waals surface area contributed by atoms with Gasteiger partial charge in [0.15, 0.2) is 0 Å². The average molecular weight is 392 g/mol. The molecule has 0 amide bonds. The molecule has 0 saturated carbocycles. The van der Waals surface area contributed by atoms with Crippen LogP contribution in [0.15, 0.2) is 50.7 Å². The zero-order chi connectivity index (χ0) is 15.6. The summed E-state index contributed by atoms with van der Waals surface area (Å²) in [5, 5.41) is 0.112. The summed E-state index contributed by atoms with van der Waals surface area (Å²) in [4.78, 5) is 11.5. The third kappa shape index (κ3) is 3.66. The van der Waals surface area contributed by atoms with E-state index in [1.54, 1.807) is 13.0 Å². The van der Waals surface area contributed by atoms with Gasteiger partial charge in [0.05, 0.1) is 10.7 Å². The number of nitrogens with one attached hydrogen (secondary N) is 1. The first-order chi connectivity index (χ1) is 9.83. The number of sulfonamides is 1. The molecule has 1 heterocycles. The number of benzene rings is 1. The van der Waals surface area contributed by atoms with Crippen molar-refractivity contribution in [2.24, 2.45) is 0 Å². The van der Waals surface area contributed by atoms with Crippen molar-refractivity contribution in [3.63, 3.8) is 0 Å². The van der Waals surface area contributed by atoms with E-state index in [1.165, 1.54) is 35.0 Å². The molecule has 0 bridgehead atoms. The van der Waals surface area contributed by atoms with Gasteiger partial charge in [-0.25, -0.2) is 8.42 Å². The molecule has 0 saturated heterocycles. The maximum absolute atomic E-state index is 12.3. The van der Waals surface area contributed by atoms with E-state index in [9.17, 15) is 13.2 Å². The largest absolute Gasteiger partial charge is 0.314 e. The SMILES string of the molecule is CCn1cc(NS(=O)(=O)c2ccc(Br)cc2Cl)ccc1=O. The van der Waals surface area contributed by atoms with Gasteiger partial charge in [-0.2, -0.15) is 0 Å². The Labute approximate surface area is 135 Å². The predicted molar refractivity (Wildman–Crippen MR) is 86.3 cm³/mol. The number of nitrogens with zero attached hydrogens (tertiary/aromatic N) is 1. The molecule has 21 heavy (non-hydrogen) atoms. The first-order valence-electron chi connectivity index (χ1n) is 6.02. The van der Waals surface area contributed by atoms with Gasteiger partial charge >= 0.3 is 0 Å². The summed E-state index contributed by atoms with van der Waals surface area (Å²) in [5.41, 5.74) is 0.109. The van der Waals surface area contributed by atoms with Crippen molar-refractivity contribution < 1.29 is 8.42 Å². The summed E-state index contributed by atoms with van der Waals surface area (Å²) in [6.45, 7) is 2.25. The topological polar surface area (TPSA) is 68.2 Å². The summed E-state index contributed by atoms with van der Waals surface area (Å²) in [6.07, 6.45) is 1.45. The highest BCUT2D eigenvalue weighted by atomic mass is 79.9. The minimum atomic E-state index is -3.82. The molecule has 5 nitrogen and oxygen atoms in total. The molecule has 0 spiro atoms. The van der Waals surface area contributed by atoms with Crippen molar-refractivity contribution in [2.45, 2.75) is 18.4 Å². The maximum atomic E-state index is 12.3. The highest BCUT2D eigenvalue weighted by Gasteiger charge is 2.18. The molecule has 0 aliphatic heterocycles. The van der Waals surface area contributed by atoms with Crippen LogP contribution < -0.4 is 10.3 Å². The smallest absolute Gasteiger partial charge is 0.263 e. The minimum absolute atomic E-state index is 0.0263. The highest BCUT2D eigenvalue weighted by molar-refractivity contribution is 9.10. The van der Waals surface area contributed by atoms with Crippen LogP contribution in [0.2, 0.25) is 5.02 Å². The summed E-state index contributed by atoms with van der Waals surface area (Å²) in [5.74, 6) is 0. The zero-order valence-corrected chi connectivity index (χ0v) is 14.2. The van der Waals surface area contributed by atoms with E-state index in [1.807, 2.05) is 0 Å². The lowest BCUT2D eigenvalue weighted by Crippen LogP contribution is -2.20. The minimum Gasteiger partial charge on any atom is -0.314 e. The van der Waals surface area contributed by atoms with Crippen molar-refractivity contribution >= 4 is 43.2 Å². The summed E-state index contributed by atoms with van der Waals surface area (Å²) in [6, 6.07) is 7.23. The third-order valence-corrected chi connectivity index (χ3v) is 5.12. The Balaban J connectivity index is 2.39. The van der Waals surface area contributed by atoms with Crippen LogP contribution in [0.5, 0.6) is 0 Å². The number of aryl methyl sites for hydroxylation is 1. The molecule has 112 valence electrons. The molecule has 0 unspecified atom stereocenters. The van der Waals surface area contributed by atoms with Gasteiger partial charge in [0, 0.05) is 23.3 Å². The van der Waals surface area contributed by atoms with Crippen molar-refractivity contribution in [3.05, 3.63) is 56.4 Å². The third-order valence-electron chi connectivity index (χ3n) is 2.76. The van der Waals surface area contributed by atoms with Gasteiger partial charge in [-0.1, -0.05) is 27.5 Å². The molecule has 1 aromatic heterocycles. The van der Waals surface area contributed by atoms with Crippen molar-refractivity contribution in [2.75, 3.05) is 4.72 Å². The molecule has 1 aromatic carbocycles. The van der Waals surface area contributed by atoms with Crippen LogP contribution in [-0.4, -0.2) is 13.0 Å². The lowest BCUT2D eigenvalue weighted by Gasteiger charge is -2.11. The lowest BCUT2D eigenvalue weighted by molar-refractivity contribution is 0.601. The van der Waals surface area contributed by atoms with E-state index < -0.39 is 10.0 Å². The Morgan fingerprint density at radius 2 is 2.00 bits per heavy atom. The van der Waals surface area contributed by atoms with Crippen LogP contribution in [0.3, 0.4) is 0 Å². The van der Waals surface area contributed by atoms with Crippen LogP contribution in [0.25, 0.3) is 0 Å². The summed E-state index contributed by atoms with van der Waals surface area (Å²) >= 11 is 9.18. The van der Waals surface area contributed by atoms with E-state index >= 15 is 0 Å². The van der Waals surface area contributed by atoms with Crippen LogP contribution in [0, 0.1) is 0 Å². The second kappa shape index (κ2) is 6.21. The summed E-state index contributed by atoms with van der Waals surface area (Å²) < 4.78 is 29.1. The molecule has 0 atom stereocenters. The summed E-state index contributed by atoms with van der Waals surface area (Å²) in [7, 11) is -3.82. The van der Waals surface area contributed by atoms with Crippen molar-refractivity contribution in [1.29, 1.82) is 0 Å². The standard InChI is InChI=1S/C13H12BrClN2O3S/c1-2-17-8-10(4-6-13(17)18)16-21(19,20)12-5-3-9(14)7-11(12)15/h3-8,16H,2H2,1H3. The van der Waals surface area contributed by atoms with Gasteiger partial charge in [-0.05, 0) is 31.2 Å². The van der Waals surface area contributed by atoms with Gasteiger partial charge < -0.3 is 4.57 Å². The molecular weight excluding hydrogens is 380 g/mol. The van der Waals surface area contributed by atoms with E-state index in [0.29, 0.717) is 16.7 Å². The Hall–Kier alpha value is -1.31. The Morgan fingerprint density at radius 1 is 1.29 bits per heavy atom. The van der Waals surface area contributed by atoms with E-state index in [0.717, 1.165) is 0 Å². The number of hydrogen-bond donors (Lipinski definition) is 1. The first-order valence-corrected chi connectivity index (χ1v) is 8.67. The second-order valence-corrected chi connectivity index (χ2v) is 7.20. The Bertz CT molecular complexity index is 834. The molecule has 2 aromatic rings. The van der Waals surface area contributed by atoms with E-state index in [2.05, 4.69) is 20.7 Å². The predicted octanol–water partition coefficient (Wildman–Crippen LogP) is 3.08. The number of hydrogen-bond acceptors (Lipinski definition) is 3. The van der Waals surface area contributed by atoms with Crippen LogP contribution in [0.1, 0.15) is 6.92 Å². The number of halogens is 2. The molecule has 0 radical (unpaired) electrons. The Kier molecular flexibility index (Phi) is 4.75. The van der Waals surface area contributed by atoms with Crippen molar-refractivity contribution in [3.8, 4) is 0 Å². The fraction of sp³-hybridized carbons (Fsp3) is 0.154. The molecule has 1 N–H and O–H groups in total. The number of pyridine rings is 1. The zero-order valence-electron chi connectivity index (χ0n) is 11.0. The number of anilines is 1. The van der Waals surface area contributed by atoms with Gasteiger partial charge in [0.25, 0.3) is 15.6 Å². The first kappa shape index (κ1) is 16.1. The molecule has 0 aliphatic carbocycles. The lowest BCUT2D eigenvalue weighted by atomic mass is 10.4. The van der Waals surface area contributed by atoms with E-state index in [4.69, 9.17) is 11.6 Å². The molecule has 0 aliphatic rings. The number of rotatable bonds is 4.